The second-order valence-electron chi connectivity index (χ2n) is 14.1. The number of nitrogens with zero attached hydrogens (tertiary/aromatic N) is 1. The minimum Gasteiger partial charge on any atom is -0.497 e. The molecule has 2 unspecified atom stereocenters. The molecule has 6 nitrogen and oxygen atoms in total. The second kappa shape index (κ2) is 14.8. The molecule has 0 amide bonds. The number of hydrogen-bond donors (Lipinski definition) is 0. The molecule has 0 heterocycles. The number of benzene rings is 5. The van der Waals surface area contributed by atoms with E-state index >= 15 is 0 Å². The summed E-state index contributed by atoms with van der Waals surface area (Å²) in [5.41, 5.74) is 4.49. The molecule has 6 heteroatoms. The quantitative estimate of drug-likeness (QED) is 0.140. The number of rotatable bonds is 10. The normalized spacial score (nSPS) is 12.8. The van der Waals surface area contributed by atoms with E-state index in [-0.39, 0.29) is 11.9 Å². The first-order valence-corrected chi connectivity index (χ1v) is 16.5. The molecule has 5 aromatic carbocycles. The Morgan fingerprint density at radius 2 is 0.837 bits per heavy atom. The Morgan fingerprint density at radius 1 is 0.490 bits per heavy atom. The van der Waals surface area contributed by atoms with Crippen molar-refractivity contribution in [2.24, 2.45) is 10.8 Å². The summed E-state index contributed by atoms with van der Waals surface area (Å²) in [6.45, 7) is 11.0. The predicted molar refractivity (Wildman–Crippen MR) is 195 cm³/mol. The van der Waals surface area contributed by atoms with Gasteiger partial charge in [-0.05, 0) is 101 Å². The second-order valence-corrected chi connectivity index (χ2v) is 14.1. The van der Waals surface area contributed by atoms with Gasteiger partial charge in [-0.1, -0.05) is 84.9 Å². The van der Waals surface area contributed by atoms with Crippen molar-refractivity contribution in [1.82, 2.24) is 0 Å². The molecule has 0 aliphatic rings. The standard InChI is InChI=1S/C43H45NO5/c1-42(2,3)40(45)48-38(30-22-26-34(27-23-30)44(32-16-10-8-11-17-32)33-18-12-9-13-19-33)36-20-14-15-21-37(36)39(49-41(46)43(4,5)6)31-24-28-35(47-7)29-25-31/h8-29,38-39H,1-7H3. The summed E-state index contributed by atoms with van der Waals surface area (Å²) in [5, 5.41) is 0. The van der Waals surface area contributed by atoms with Gasteiger partial charge in [0.05, 0.1) is 17.9 Å². The van der Waals surface area contributed by atoms with Crippen LogP contribution in [0.5, 0.6) is 5.75 Å². The van der Waals surface area contributed by atoms with Crippen molar-refractivity contribution in [3.05, 3.63) is 156 Å². The Balaban J connectivity index is 1.63. The minimum absolute atomic E-state index is 0.348. The van der Waals surface area contributed by atoms with Gasteiger partial charge in [-0.25, -0.2) is 0 Å². The Kier molecular flexibility index (Phi) is 10.6. The maximum atomic E-state index is 13.6. The zero-order chi connectivity index (χ0) is 35.2. The molecule has 0 fully saturated rings. The van der Waals surface area contributed by atoms with E-state index in [1.54, 1.807) is 7.11 Å². The number of hydrogen-bond acceptors (Lipinski definition) is 6. The van der Waals surface area contributed by atoms with E-state index in [1.165, 1.54) is 0 Å². The summed E-state index contributed by atoms with van der Waals surface area (Å²) in [5.74, 6) is -0.00746. The van der Waals surface area contributed by atoms with Crippen LogP contribution in [0.15, 0.2) is 133 Å². The van der Waals surface area contributed by atoms with Crippen molar-refractivity contribution in [3.8, 4) is 5.75 Å². The van der Waals surface area contributed by atoms with Crippen LogP contribution in [-0.2, 0) is 19.1 Å². The van der Waals surface area contributed by atoms with E-state index in [1.807, 2.05) is 151 Å². The lowest BCUT2D eigenvalue weighted by Gasteiger charge is -2.30. The highest BCUT2D eigenvalue weighted by atomic mass is 16.6. The first-order valence-electron chi connectivity index (χ1n) is 16.5. The number of carbonyl (C=O) groups is 2. The average molecular weight is 656 g/mol. The van der Waals surface area contributed by atoms with Crippen molar-refractivity contribution < 1.29 is 23.8 Å². The van der Waals surface area contributed by atoms with Crippen LogP contribution in [0.4, 0.5) is 17.1 Å². The van der Waals surface area contributed by atoms with Crippen molar-refractivity contribution >= 4 is 29.0 Å². The van der Waals surface area contributed by atoms with Crippen LogP contribution in [-0.4, -0.2) is 19.0 Å². The van der Waals surface area contributed by atoms with E-state index in [0.717, 1.165) is 39.3 Å². The molecule has 5 rings (SSSR count). The summed E-state index contributed by atoms with van der Waals surface area (Å²) in [6.07, 6.45) is -1.55. The van der Waals surface area contributed by atoms with Gasteiger partial charge in [-0.2, -0.15) is 0 Å². The van der Waals surface area contributed by atoms with Gasteiger partial charge in [-0.3, -0.25) is 9.59 Å². The first-order chi connectivity index (χ1) is 23.4. The maximum Gasteiger partial charge on any atom is 0.312 e. The monoisotopic (exact) mass is 655 g/mol. The molecule has 0 N–H and O–H groups in total. The van der Waals surface area contributed by atoms with Crippen molar-refractivity contribution in [2.45, 2.75) is 53.8 Å². The van der Waals surface area contributed by atoms with E-state index in [4.69, 9.17) is 14.2 Å². The number of carbonyl (C=O) groups excluding carboxylic acids is 2. The third-order valence-electron chi connectivity index (χ3n) is 8.14. The minimum atomic E-state index is -0.784. The Morgan fingerprint density at radius 3 is 1.20 bits per heavy atom. The smallest absolute Gasteiger partial charge is 0.312 e. The van der Waals surface area contributed by atoms with E-state index in [0.29, 0.717) is 5.75 Å². The number of para-hydroxylation sites is 2. The van der Waals surface area contributed by atoms with Crippen LogP contribution >= 0.6 is 0 Å². The lowest BCUT2D eigenvalue weighted by atomic mass is 9.89. The van der Waals surface area contributed by atoms with Gasteiger partial charge in [0.1, 0.15) is 5.75 Å². The molecule has 0 aliphatic heterocycles. The summed E-state index contributed by atoms with van der Waals surface area (Å²) >= 11 is 0. The number of ether oxygens (including phenoxy) is 3. The maximum absolute atomic E-state index is 13.6. The van der Waals surface area contributed by atoms with Gasteiger partial charge in [0.25, 0.3) is 0 Å². The summed E-state index contributed by atoms with van der Waals surface area (Å²) in [6, 6.07) is 43.6. The molecule has 252 valence electrons. The molecule has 0 saturated carbocycles. The highest BCUT2D eigenvalue weighted by Gasteiger charge is 2.34. The molecule has 0 bridgehead atoms. The van der Waals surface area contributed by atoms with Gasteiger partial charge >= 0.3 is 11.9 Å². The fourth-order valence-electron chi connectivity index (χ4n) is 5.36. The molecule has 2 atom stereocenters. The fourth-order valence-corrected chi connectivity index (χ4v) is 5.36. The van der Waals surface area contributed by atoms with Gasteiger partial charge in [0, 0.05) is 28.2 Å². The zero-order valence-corrected chi connectivity index (χ0v) is 29.3. The molecule has 49 heavy (non-hydrogen) atoms. The Labute approximate surface area is 290 Å². The largest absolute Gasteiger partial charge is 0.497 e. The SMILES string of the molecule is COc1ccc(C(OC(=O)C(C)(C)C)c2ccccc2C(OC(=O)C(C)(C)C)c2ccc(N(c3ccccc3)c3ccccc3)cc2)cc1. The lowest BCUT2D eigenvalue weighted by molar-refractivity contribution is -0.159. The number of esters is 2. The molecule has 0 spiro atoms. The molecule has 5 aromatic rings. The summed E-state index contributed by atoms with van der Waals surface area (Å²) < 4.78 is 18.1. The molecule has 0 saturated heterocycles. The highest BCUT2D eigenvalue weighted by molar-refractivity contribution is 5.78. The molecule has 0 aliphatic carbocycles. The average Bonchev–Trinajstić information content (AvgIpc) is 3.10. The van der Waals surface area contributed by atoms with E-state index in [9.17, 15) is 9.59 Å². The van der Waals surface area contributed by atoms with Crippen molar-refractivity contribution in [2.75, 3.05) is 12.0 Å². The van der Waals surface area contributed by atoms with E-state index in [2.05, 4.69) is 29.2 Å². The summed E-state index contributed by atoms with van der Waals surface area (Å²) in [7, 11) is 1.61. The molecular formula is C43H45NO5. The predicted octanol–water partition coefficient (Wildman–Crippen LogP) is 10.5. The van der Waals surface area contributed by atoms with Crippen LogP contribution in [0.1, 0.15) is 76.0 Å². The van der Waals surface area contributed by atoms with Gasteiger partial charge in [0.2, 0.25) is 0 Å². The van der Waals surface area contributed by atoms with Crippen molar-refractivity contribution in [1.29, 1.82) is 0 Å². The lowest BCUT2D eigenvalue weighted by Crippen LogP contribution is -2.28. The van der Waals surface area contributed by atoms with E-state index < -0.39 is 23.0 Å². The first kappa shape index (κ1) is 35.0. The van der Waals surface area contributed by atoms with Gasteiger partial charge in [0.15, 0.2) is 12.2 Å². The number of anilines is 3. The number of methoxy groups -OCH3 is 1. The summed E-state index contributed by atoms with van der Waals surface area (Å²) in [4.78, 5) is 29.2. The van der Waals surface area contributed by atoms with Crippen LogP contribution in [0.25, 0.3) is 0 Å². The van der Waals surface area contributed by atoms with Crippen LogP contribution in [0.2, 0.25) is 0 Å². The molecule has 0 radical (unpaired) electrons. The van der Waals surface area contributed by atoms with Crippen LogP contribution < -0.4 is 9.64 Å². The van der Waals surface area contributed by atoms with Crippen LogP contribution in [0.3, 0.4) is 0 Å². The van der Waals surface area contributed by atoms with Crippen molar-refractivity contribution in [3.63, 3.8) is 0 Å². The van der Waals surface area contributed by atoms with Crippen LogP contribution in [0, 0.1) is 10.8 Å². The highest BCUT2D eigenvalue weighted by Crippen LogP contribution is 2.40. The Bertz CT molecular complexity index is 1800. The molecule has 0 aromatic heterocycles. The zero-order valence-electron chi connectivity index (χ0n) is 29.3. The van der Waals surface area contributed by atoms with Gasteiger partial charge < -0.3 is 19.1 Å². The third-order valence-corrected chi connectivity index (χ3v) is 8.14. The topological polar surface area (TPSA) is 65.1 Å². The molecular weight excluding hydrogens is 610 g/mol. The van der Waals surface area contributed by atoms with Gasteiger partial charge in [-0.15, -0.1) is 0 Å². The third kappa shape index (κ3) is 8.39. The Hall–Kier alpha value is -5.36. The fraction of sp³-hybridized carbons (Fsp3) is 0.256.